The summed E-state index contributed by atoms with van der Waals surface area (Å²) < 4.78 is 0. The van der Waals surface area contributed by atoms with Crippen LogP contribution >= 0.6 is 0 Å². The molecule has 1 heterocycles. The minimum absolute atomic E-state index is 0.0513. The highest BCUT2D eigenvalue weighted by Crippen LogP contribution is 2.54. The maximum Gasteiger partial charge on any atom is 0.0499 e. The van der Waals surface area contributed by atoms with Crippen molar-refractivity contribution in [2.24, 2.45) is 0 Å². The largest absolute Gasteiger partial charge is 0.337 e. The van der Waals surface area contributed by atoms with E-state index in [1.54, 1.807) is 0 Å². The fourth-order valence-electron chi connectivity index (χ4n) is 9.78. The first kappa shape index (κ1) is 30.2. The Bertz CT molecular complexity index is 2940. The molecule has 250 valence electrons. The fourth-order valence-corrected chi connectivity index (χ4v) is 9.78. The Hall–Kier alpha value is -6.44. The summed E-state index contributed by atoms with van der Waals surface area (Å²) in [6.45, 7) is 10.1. The molecule has 1 heteroatoms. The van der Waals surface area contributed by atoms with Gasteiger partial charge in [0.25, 0.3) is 0 Å². The minimum Gasteiger partial charge on any atom is -0.337 e. The highest BCUT2D eigenvalue weighted by atomic mass is 15.1. The summed E-state index contributed by atoms with van der Waals surface area (Å²) in [5.41, 5.74) is 17.8. The van der Waals surface area contributed by atoms with E-state index < -0.39 is 0 Å². The summed E-state index contributed by atoms with van der Waals surface area (Å²) in [5, 5.41) is 7.67. The number of allylic oxidation sites excluding steroid dienone is 4. The second-order valence-electron chi connectivity index (χ2n) is 15.2. The van der Waals surface area contributed by atoms with Crippen molar-refractivity contribution in [2.75, 3.05) is 11.4 Å². The van der Waals surface area contributed by atoms with Crippen LogP contribution in [0.1, 0.15) is 30.5 Å². The molecule has 8 aromatic carbocycles. The van der Waals surface area contributed by atoms with Crippen LogP contribution in [0.25, 0.3) is 82.4 Å². The van der Waals surface area contributed by atoms with Crippen molar-refractivity contribution in [3.63, 3.8) is 0 Å². The minimum atomic E-state index is -0.0513. The van der Waals surface area contributed by atoms with Gasteiger partial charge >= 0.3 is 0 Å². The molecule has 0 aromatic heterocycles. The lowest BCUT2D eigenvalue weighted by molar-refractivity contribution is 0.661. The third kappa shape index (κ3) is 4.14. The van der Waals surface area contributed by atoms with Crippen molar-refractivity contribution in [3.05, 3.63) is 187 Å². The molecule has 0 N–H and O–H groups in total. The van der Waals surface area contributed by atoms with E-state index in [2.05, 4.69) is 189 Å². The first-order valence-corrected chi connectivity index (χ1v) is 18.7. The SMILES string of the molecule is C=C1/C=C\C=C/CN(c2ccc(-c3ccc4c5c(cccc35)-c3ccccc3-4)c3ccccc23)c2ccc3c4c(ccc3c21)C(C)(C)c1ccccc1-4. The Balaban J connectivity index is 1.12. The predicted molar refractivity (Wildman–Crippen MR) is 227 cm³/mol. The summed E-state index contributed by atoms with van der Waals surface area (Å²) in [6, 6.07) is 52.3. The van der Waals surface area contributed by atoms with Crippen molar-refractivity contribution in [1.82, 2.24) is 0 Å². The van der Waals surface area contributed by atoms with E-state index in [9.17, 15) is 0 Å². The molecule has 0 spiro atoms. The van der Waals surface area contributed by atoms with Crippen molar-refractivity contribution in [3.8, 4) is 44.5 Å². The molecule has 53 heavy (non-hydrogen) atoms. The van der Waals surface area contributed by atoms with Gasteiger partial charge in [-0.15, -0.1) is 0 Å². The van der Waals surface area contributed by atoms with E-state index in [1.807, 2.05) is 0 Å². The highest BCUT2D eigenvalue weighted by Gasteiger charge is 2.36. The molecule has 0 saturated carbocycles. The molecule has 0 amide bonds. The molecule has 2 aliphatic carbocycles. The Kier molecular flexibility index (Phi) is 6.29. The van der Waals surface area contributed by atoms with Crippen LogP contribution < -0.4 is 4.90 Å². The van der Waals surface area contributed by atoms with Crippen LogP contribution in [0.5, 0.6) is 0 Å². The van der Waals surface area contributed by atoms with Gasteiger partial charge in [0.05, 0.1) is 0 Å². The molecule has 0 saturated heterocycles. The van der Waals surface area contributed by atoms with E-state index >= 15 is 0 Å². The van der Waals surface area contributed by atoms with Gasteiger partial charge in [0.1, 0.15) is 0 Å². The average molecular weight is 676 g/mol. The molecular formula is C52H37N. The molecule has 11 rings (SSSR count). The maximum absolute atomic E-state index is 4.68. The van der Waals surface area contributed by atoms with E-state index in [0.29, 0.717) is 0 Å². The van der Waals surface area contributed by atoms with Gasteiger partial charge in [-0.25, -0.2) is 0 Å². The van der Waals surface area contributed by atoms with Crippen LogP contribution in [0.15, 0.2) is 170 Å². The third-order valence-electron chi connectivity index (χ3n) is 12.2. The topological polar surface area (TPSA) is 3.24 Å². The number of rotatable bonds is 2. The van der Waals surface area contributed by atoms with Crippen molar-refractivity contribution >= 4 is 49.3 Å². The molecule has 0 fully saturated rings. The monoisotopic (exact) mass is 675 g/mol. The summed E-state index contributed by atoms with van der Waals surface area (Å²) in [4.78, 5) is 2.49. The van der Waals surface area contributed by atoms with Gasteiger partial charge < -0.3 is 4.90 Å². The Morgan fingerprint density at radius 2 is 1.06 bits per heavy atom. The first-order valence-electron chi connectivity index (χ1n) is 18.7. The zero-order valence-electron chi connectivity index (χ0n) is 29.9. The molecule has 0 atom stereocenters. The van der Waals surface area contributed by atoms with Crippen LogP contribution in [0.4, 0.5) is 11.4 Å². The van der Waals surface area contributed by atoms with Gasteiger partial charge in [-0.1, -0.05) is 172 Å². The van der Waals surface area contributed by atoms with Crippen LogP contribution in [-0.4, -0.2) is 6.54 Å². The highest BCUT2D eigenvalue weighted by molar-refractivity contribution is 6.20. The zero-order valence-corrected chi connectivity index (χ0v) is 29.9. The molecular weight excluding hydrogens is 639 g/mol. The van der Waals surface area contributed by atoms with E-state index in [1.165, 1.54) is 105 Å². The van der Waals surface area contributed by atoms with E-state index in [4.69, 9.17) is 0 Å². The summed E-state index contributed by atoms with van der Waals surface area (Å²) in [5.74, 6) is 0. The van der Waals surface area contributed by atoms with Gasteiger partial charge in [0.2, 0.25) is 0 Å². The lowest BCUT2D eigenvalue weighted by Gasteiger charge is -2.29. The van der Waals surface area contributed by atoms with Crippen LogP contribution in [0, 0.1) is 0 Å². The van der Waals surface area contributed by atoms with Crippen molar-refractivity contribution in [1.29, 1.82) is 0 Å². The van der Waals surface area contributed by atoms with Crippen LogP contribution in [-0.2, 0) is 5.41 Å². The summed E-state index contributed by atoms with van der Waals surface area (Å²) in [6.07, 6.45) is 8.71. The van der Waals surface area contributed by atoms with E-state index in [-0.39, 0.29) is 5.41 Å². The summed E-state index contributed by atoms with van der Waals surface area (Å²) in [7, 11) is 0. The standard InChI is InChI=1S/C52H37N/c1-32-14-5-4-12-31-53(48-30-27-43-42(49(32)48)25-28-46-51(43)44-19-10-11-22-45(44)52(46,2)3)47-29-26-36(33-15-8-9-18-38(33)47)37-23-24-41-35-17-7-6-16-34(35)39-20-13-21-40(37)50(39)41/h4-30H,1,31H2,2-3H3/b12-4-,14-5-. The Morgan fingerprint density at radius 3 is 1.91 bits per heavy atom. The van der Waals surface area contributed by atoms with Gasteiger partial charge in [0, 0.05) is 34.3 Å². The molecule has 8 aromatic rings. The number of fused-ring (bicyclic) bond motifs is 11. The number of benzene rings is 8. The van der Waals surface area contributed by atoms with Crippen LogP contribution in [0.2, 0.25) is 0 Å². The van der Waals surface area contributed by atoms with Gasteiger partial charge in [-0.3, -0.25) is 0 Å². The molecule has 1 aliphatic heterocycles. The van der Waals surface area contributed by atoms with Gasteiger partial charge in [0.15, 0.2) is 0 Å². The smallest absolute Gasteiger partial charge is 0.0499 e. The Labute approximate surface area is 310 Å². The molecule has 3 aliphatic rings. The predicted octanol–water partition coefficient (Wildman–Crippen LogP) is 14.0. The number of hydrogen-bond donors (Lipinski definition) is 0. The lowest BCUT2D eigenvalue weighted by Crippen LogP contribution is -2.19. The van der Waals surface area contributed by atoms with E-state index in [0.717, 1.165) is 12.1 Å². The molecule has 0 radical (unpaired) electrons. The Morgan fingerprint density at radius 1 is 0.453 bits per heavy atom. The number of nitrogens with zero attached hydrogens (tertiary/aromatic N) is 1. The maximum atomic E-state index is 4.68. The van der Waals surface area contributed by atoms with Crippen LogP contribution in [0.3, 0.4) is 0 Å². The zero-order chi connectivity index (χ0) is 35.4. The normalized spacial score (nSPS) is 16.1. The molecule has 1 nitrogen and oxygen atoms in total. The van der Waals surface area contributed by atoms with Crippen molar-refractivity contribution in [2.45, 2.75) is 19.3 Å². The van der Waals surface area contributed by atoms with Gasteiger partial charge in [-0.05, 0) is 100 Å². The number of anilines is 2. The lowest BCUT2D eigenvalue weighted by atomic mass is 9.81. The van der Waals surface area contributed by atoms with Crippen molar-refractivity contribution < 1.29 is 0 Å². The fraction of sp³-hybridized carbons (Fsp3) is 0.0769. The average Bonchev–Trinajstić information content (AvgIpc) is 3.67. The second-order valence-corrected chi connectivity index (χ2v) is 15.2. The molecule has 0 unspecified atom stereocenters. The van der Waals surface area contributed by atoms with Gasteiger partial charge in [-0.2, -0.15) is 0 Å². The quantitative estimate of drug-likeness (QED) is 0.176. The molecule has 0 bridgehead atoms. The second kappa shape index (κ2) is 11.0. The summed E-state index contributed by atoms with van der Waals surface area (Å²) >= 11 is 0. The third-order valence-corrected chi connectivity index (χ3v) is 12.2. The number of hydrogen-bond acceptors (Lipinski definition) is 1. The first-order chi connectivity index (χ1) is 26.0.